The van der Waals surface area contributed by atoms with Crippen LogP contribution in [0.15, 0.2) is 0 Å². The van der Waals surface area contributed by atoms with Crippen molar-refractivity contribution in [1.82, 2.24) is 4.90 Å². The molecule has 2 aliphatic rings. The first-order valence-electron chi connectivity index (χ1n) is 7.43. The van der Waals surface area contributed by atoms with Gasteiger partial charge in [-0.15, -0.1) is 0 Å². The summed E-state index contributed by atoms with van der Waals surface area (Å²) in [5, 5.41) is 9.11. The fourth-order valence-corrected chi connectivity index (χ4v) is 3.55. The molecule has 4 heteroatoms. The number of carbonyl (C=O) groups is 2. The van der Waals surface area contributed by atoms with Crippen LogP contribution >= 0.6 is 0 Å². The van der Waals surface area contributed by atoms with Gasteiger partial charge in [0.05, 0.1) is 5.92 Å². The van der Waals surface area contributed by atoms with Gasteiger partial charge in [-0.3, -0.25) is 9.59 Å². The predicted octanol–water partition coefficient (Wildman–Crippen LogP) is 2.53. The van der Waals surface area contributed by atoms with Gasteiger partial charge in [-0.2, -0.15) is 0 Å². The van der Waals surface area contributed by atoms with Crippen molar-refractivity contribution < 1.29 is 14.7 Å². The lowest BCUT2D eigenvalue weighted by molar-refractivity contribution is -0.149. The first-order valence-corrected chi connectivity index (χ1v) is 7.43. The van der Waals surface area contributed by atoms with E-state index in [0.29, 0.717) is 13.0 Å². The first kappa shape index (κ1) is 14.4. The Labute approximate surface area is 115 Å². The van der Waals surface area contributed by atoms with E-state index < -0.39 is 5.97 Å². The Morgan fingerprint density at radius 2 is 1.89 bits per heavy atom. The van der Waals surface area contributed by atoms with Gasteiger partial charge < -0.3 is 10.0 Å². The summed E-state index contributed by atoms with van der Waals surface area (Å²) in [4.78, 5) is 25.6. The molecule has 0 radical (unpaired) electrons. The third-order valence-electron chi connectivity index (χ3n) is 4.89. The summed E-state index contributed by atoms with van der Waals surface area (Å²) in [6.45, 7) is 5.48. The molecule has 2 atom stereocenters. The maximum absolute atomic E-state index is 12.7. The Morgan fingerprint density at radius 1 is 1.16 bits per heavy atom. The molecule has 0 aromatic heterocycles. The Hall–Kier alpha value is -1.06. The highest BCUT2D eigenvalue weighted by atomic mass is 16.4. The first-order chi connectivity index (χ1) is 8.92. The number of aliphatic carboxylic acids is 1. The number of hydrogen-bond acceptors (Lipinski definition) is 2. The van der Waals surface area contributed by atoms with Crippen molar-refractivity contribution in [2.45, 2.75) is 52.4 Å². The van der Waals surface area contributed by atoms with Crippen molar-refractivity contribution in [3.63, 3.8) is 0 Å². The monoisotopic (exact) mass is 267 g/mol. The van der Waals surface area contributed by atoms with Crippen LogP contribution in [0.1, 0.15) is 52.4 Å². The van der Waals surface area contributed by atoms with E-state index >= 15 is 0 Å². The van der Waals surface area contributed by atoms with Gasteiger partial charge in [0.2, 0.25) is 5.91 Å². The topological polar surface area (TPSA) is 57.6 Å². The number of likely N-dealkylation sites (tertiary alicyclic amines) is 1. The number of rotatable bonds is 2. The summed E-state index contributed by atoms with van der Waals surface area (Å²) in [5.74, 6) is -0.866. The van der Waals surface area contributed by atoms with E-state index in [0.717, 1.165) is 32.2 Å². The van der Waals surface area contributed by atoms with Crippen LogP contribution in [0.25, 0.3) is 0 Å². The van der Waals surface area contributed by atoms with Crippen molar-refractivity contribution in [2.24, 2.45) is 17.3 Å². The zero-order valence-corrected chi connectivity index (χ0v) is 12.0. The molecular weight excluding hydrogens is 242 g/mol. The van der Waals surface area contributed by atoms with E-state index in [4.69, 9.17) is 5.11 Å². The van der Waals surface area contributed by atoms with Crippen LogP contribution < -0.4 is 0 Å². The molecule has 0 aromatic rings. The van der Waals surface area contributed by atoms with Gasteiger partial charge in [0.15, 0.2) is 0 Å². The van der Waals surface area contributed by atoms with Crippen LogP contribution in [0.2, 0.25) is 0 Å². The molecule has 19 heavy (non-hydrogen) atoms. The average Bonchev–Trinajstić information content (AvgIpc) is 2.37. The minimum Gasteiger partial charge on any atom is -0.481 e. The van der Waals surface area contributed by atoms with Crippen molar-refractivity contribution in [2.75, 3.05) is 13.1 Å². The minimum absolute atomic E-state index is 0.0610. The molecule has 4 nitrogen and oxygen atoms in total. The Balaban J connectivity index is 2.04. The van der Waals surface area contributed by atoms with Gasteiger partial charge in [0.25, 0.3) is 0 Å². The second-order valence-electron chi connectivity index (χ2n) is 6.75. The molecular formula is C15H25NO3. The Kier molecular flexibility index (Phi) is 4.16. The van der Waals surface area contributed by atoms with E-state index in [9.17, 15) is 9.59 Å². The normalized spacial score (nSPS) is 30.9. The zero-order chi connectivity index (χ0) is 14.0. The average molecular weight is 267 g/mol. The molecule has 0 spiro atoms. The lowest BCUT2D eigenvalue weighted by Crippen LogP contribution is -2.48. The molecule has 1 saturated heterocycles. The fourth-order valence-electron chi connectivity index (χ4n) is 3.55. The number of piperidine rings is 1. The third kappa shape index (κ3) is 3.10. The van der Waals surface area contributed by atoms with E-state index in [-0.39, 0.29) is 23.2 Å². The maximum atomic E-state index is 12.7. The maximum Gasteiger partial charge on any atom is 0.308 e. The van der Waals surface area contributed by atoms with Crippen molar-refractivity contribution >= 4 is 11.9 Å². The zero-order valence-electron chi connectivity index (χ0n) is 12.0. The van der Waals surface area contributed by atoms with Gasteiger partial charge >= 0.3 is 5.97 Å². The summed E-state index contributed by atoms with van der Waals surface area (Å²) >= 11 is 0. The van der Waals surface area contributed by atoms with Crippen LogP contribution in [-0.4, -0.2) is 35.0 Å². The minimum atomic E-state index is -0.764. The third-order valence-corrected chi connectivity index (χ3v) is 4.89. The van der Waals surface area contributed by atoms with Crippen LogP contribution in [-0.2, 0) is 9.59 Å². The molecule has 1 N–H and O–H groups in total. The van der Waals surface area contributed by atoms with Gasteiger partial charge in [-0.1, -0.05) is 26.7 Å². The van der Waals surface area contributed by atoms with Crippen molar-refractivity contribution in [3.05, 3.63) is 0 Å². The molecule has 1 unspecified atom stereocenters. The van der Waals surface area contributed by atoms with Crippen LogP contribution in [0.5, 0.6) is 0 Å². The number of carboxylic acid groups (broad SMARTS) is 1. The van der Waals surface area contributed by atoms with Crippen LogP contribution in [0.4, 0.5) is 0 Å². The van der Waals surface area contributed by atoms with E-state index in [1.54, 1.807) is 4.90 Å². The van der Waals surface area contributed by atoms with Gasteiger partial charge in [0, 0.05) is 19.0 Å². The number of amides is 1. The second kappa shape index (κ2) is 5.51. The molecule has 1 saturated carbocycles. The summed E-state index contributed by atoms with van der Waals surface area (Å²) in [6.07, 6.45) is 5.90. The largest absolute Gasteiger partial charge is 0.481 e. The van der Waals surface area contributed by atoms with Gasteiger partial charge in [-0.25, -0.2) is 0 Å². The summed E-state index contributed by atoms with van der Waals surface area (Å²) in [5.41, 5.74) is 0.0610. The van der Waals surface area contributed by atoms with E-state index in [1.165, 1.54) is 6.42 Å². The molecule has 2 rings (SSSR count). The quantitative estimate of drug-likeness (QED) is 0.836. The highest BCUT2D eigenvalue weighted by molar-refractivity contribution is 5.81. The van der Waals surface area contributed by atoms with Gasteiger partial charge in [0.1, 0.15) is 0 Å². The predicted molar refractivity (Wildman–Crippen MR) is 72.7 cm³/mol. The number of hydrogen-bond donors (Lipinski definition) is 1. The summed E-state index contributed by atoms with van der Waals surface area (Å²) in [7, 11) is 0. The van der Waals surface area contributed by atoms with Crippen LogP contribution in [0.3, 0.4) is 0 Å². The second-order valence-corrected chi connectivity index (χ2v) is 6.75. The standard InChI is InChI=1S/C15H25NO3/c1-15(2)8-4-3-7-12(15)13(17)16-9-5-6-11(10-16)14(18)19/h11-12H,3-10H2,1-2H3,(H,18,19)/t11-,12?/m0/s1. The van der Waals surface area contributed by atoms with Crippen molar-refractivity contribution in [3.8, 4) is 0 Å². The molecule has 1 aliphatic carbocycles. The molecule has 0 bridgehead atoms. The molecule has 1 heterocycles. The molecule has 1 aliphatic heterocycles. The Bertz CT molecular complexity index is 364. The van der Waals surface area contributed by atoms with Gasteiger partial charge in [-0.05, 0) is 31.1 Å². The van der Waals surface area contributed by atoms with E-state index in [1.807, 2.05) is 0 Å². The van der Waals surface area contributed by atoms with E-state index in [2.05, 4.69) is 13.8 Å². The number of carboxylic acids is 1. The number of carbonyl (C=O) groups excluding carboxylic acids is 1. The SMILES string of the molecule is CC1(C)CCCCC1C(=O)N1CCC[C@H](C(=O)O)C1. The molecule has 1 amide bonds. The number of nitrogens with zero attached hydrogens (tertiary/aromatic N) is 1. The summed E-state index contributed by atoms with van der Waals surface area (Å²) < 4.78 is 0. The molecule has 108 valence electrons. The molecule has 2 fully saturated rings. The van der Waals surface area contributed by atoms with Crippen LogP contribution in [0, 0.1) is 17.3 Å². The molecule has 0 aromatic carbocycles. The highest BCUT2D eigenvalue weighted by Crippen LogP contribution is 2.41. The fraction of sp³-hybridized carbons (Fsp3) is 0.867. The van der Waals surface area contributed by atoms with Crippen molar-refractivity contribution in [1.29, 1.82) is 0 Å². The Morgan fingerprint density at radius 3 is 2.53 bits per heavy atom. The lowest BCUT2D eigenvalue weighted by atomic mass is 9.68. The highest BCUT2D eigenvalue weighted by Gasteiger charge is 2.40. The summed E-state index contributed by atoms with van der Waals surface area (Å²) in [6, 6.07) is 0. The smallest absolute Gasteiger partial charge is 0.308 e. The lowest BCUT2D eigenvalue weighted by Gasteiger charge is -2.41.